The number of nitrogens with zero attached hydrogens (tertiary/aromatic N) is 1. The summed E-state index contributed by atoms with van der Waals surface area (Å²) in [6.45, 7) is 1.74. The van der Waals surface area contributed by atoms with Crippen molar-refractivity contribution >= 4 is 29.7 Å². The first kappa shape index (κ1) is 21.5. The van der Waals surface area contributed by atoms with Crippen LogP contribution in [-0.4, -0.2) is 71.9 Å². The average molecular weight is 453 g/mol. The van der Waals surface area contributed by atoms with E-state index >= 15 is 0 Å². The molecule has 2 fully saturated rings. The van der Waals surface area contributed by atoms with Crippen LogP contribution in [0.1, 0.15) is 18.4 Å². The summed E-state index contributed by atoms with van der Waals surface area (Å²) in [5.74, 6) is -0.512. The molecule has 1 N–H and O–H groups in total. The van der Waals surface area contributed by atoms with Gasteiger partial charge in [-0.15, -0.1) is 4.41 Å². The Morgan fingerprint density at radius 1 is 1.07 bits per heavy atom. The molecular weight excluding hydrogens is 428 g/mol. The van der Waals surface area contributed by atoms with Gasteiger partial charge in [-0.1, -0.05) is 6.07 Å². The fourth-order valence-corrected chi connectivity index (χ4v) is 8.77. The lowest BCUT2D eigenvalue weighted by atomic mass is 10.2. The smallest absolute Gasteiger partial charge is 0.259 e. The van der Waals surface area contributed by atoms with E-state index in [1.165, 1.54) is 19.2 Å². The first-order valence-electron chi connectivity index (χ1n) is 8.80. The second-order valence-corrected chi connectivity index (χ2v) is 13.5. The number of aryl methyl sites for hydroxylation is 1. The van der Waals surface area contributed by atoms with Crippen LogP contribution in [0.4, 0.5) is 0 Å². The molecule has 2 atom stereocenters. The van der Waals surface area contributed by atoms with Crippen molar-refractivity contribution in [3.05, 3.63) is 23.8 Å². The molecule has 12 heteroatoms. The molecule has 0 bridgehead atoms. The lowest BCUT2D eigenvalue weighted by Crippen LogP contribution is -2.54. The third kappa shape index (κ3) is 4.51. The van der Waals surface area contributed by atoms with Gasteiger partial charge in [0, 0.05) is 6.04 Å². The number of sulfonamides is 1. The van der Waals surface area contributed by atoms with Gasteiger partial charge in [0.25, 0.3) is 10.0 Å². The maximum atomic E-state index is 13.5. The average Bonchev–Trinajstić information content (AvgIpc) is 3.13. The van der Waals surface area contributed by atoms with Crippen LogP contribution in [0.3, 0.4) is 0 Å². The Labute approximate surface area is 165 Å². The Kier molecular flexibility index (Phi) is 5.80. The summed E-state index contributed by atoms with van der Waals surface area (Å²) in [7, 11) is -9.44. The Bertz CT molecular complexity index is 1070. The van der Waals surface area contributed by atoms with E-state index in [9.17, 15) is 25.3 Å². The Morgan fingerprint density at radius 2 is 1.71 bits per heavy atom. The SMILES string of the molecule is COc1ccc(C)cc1S(=O)(=O)N(N[C@H]1CCS(=O)(=O)C1)[C@H]1CCS(=O)(=O)C1. The number of hydrogen-bond acceptors (Lipinski definition) is 8. The predicted molar refractivity (Wildman–Crippen MR) is 104 cm³/mol. The Balaban J connectivity index is 2.01. The highest BCUT2D eigenvalue weighted by molar-refractivity contribution is 7.92. The summed E-state index contributed by atoms with van der Waals surface area (Å²) in [4.78, 5) is -0.0901. The molecular formula is C16H24N2O7S3. The van der Waals surface area contributed by atoms with E-state index in [4.69, 9.17) is 4.74 Å². The summed E-state index contributed by atoms with van der Waals surface area (Å²) >= 11 is 0. The minimum atomic E-state index is -4.19. The number of ether oxygens (including phenoxy) is 1. The van der Waals surface area contributed by atoms with Crippen molar-refractivity contribution in [2.45, 2.75) is 36.7 Å². The molecule has 1 aromatic carbocycles. The number of rotatable bonds is 6. The fourth-order valence-electron chi connectivity index (χ4n) is 3.50. The molecule has 0 amide bonds. The zero-order chi connectivity index (χ0) is 20.7. The third-order valence-electron chi connectivity index (χ3n) is 4.94. The number of nitrogens with one attached hydrogen (secondary N) is 1. The van der Waals surface area contributed by atoms with E-state index in [1.54, 1.807) is 13.0 Å². The third-order valence-corrected chi connectivity index (χ3v) is 10.3. The predicted octanol–water partition coefficient (Wildman–Crippen LogP) is -0.127. The van der Waals surface area contributed by atoms with Crippen molar-refractivity contribution in [3.63, 3.8) is 0 Å². The van der Waals surface area contributed by atoms with Gasteiger partial charge in [0.1, 0.15) is 10.6 Å². The molecule has 2 aliphatic heterocycles. The topological polar surface area (TPSA) is 127 Å². The minimum Gasteiger partial charge on any atom is -0.495 e. The maximum Gasteiger partial charge on any atom is 0.259 e. The van der Waals surface area contributed by atoms with Crippen molar-refractivity contribution < 1.29 is 30.0 Å². The second-order valence-electron chi connectivity index (χ2n) is 7.24. The summed E-state index contributed by atoms with van der Waals surface area (Å²) in [6, 6.07) is 3.28. The summed E-state index contributed by atoms with van der Waals surface area (Å²) in [5.41, 5.74) is 3.50. The lowest BCUT2D eigenvalue weighted by Gasteiger charge is -2.31. The van der Waals surface area contributed by atoms with Gasteiger partial charge in [0.2, 0.25) is 0 Å². The summed E-state index contributed by atoms with van der Waals surface area (Å²) in [6.07, 6.45) is 0.404. The van der Waals surface area contributed by atoms with Crippen molar-refractivity contribution in [2.75, 3.05) is 30.1 Å². The minimum absolute atomic E-state index is 0.0325. The molecule has 0 spiro atoms. The Hall–Kier alpha value is -1.21. The largest absolute Gasteiger partial charge is 0.495 e. The molecule has 2 saturated heterocycles. The van der Waals surface area contributed by atoms with Crippen LogP contribution in [0.5, 0.6) is 5.75 Å². The Morgan fingerprint density at radius 3 is 2.25 bits per heavy atom. The van der Waals surface area contributed by atoms with Gasteiger partial charge in [-0.05, 0) is 37.5 Å². The zero-order valence-electron chi connectivity index (χ0n) is 15.7. The number of methoxy groups -OCH3 is 1. The van der Waals surface area contributed by atoms with Crippen molar-refractivity contribution in [1.82, 2.24) is 9.84 Å². The normalized spacial score (nSPS) is 26.5. The van der Waals surface area contributed by atoms with E-state index in [0.29, 0.717) is 5.56 Å². The molecule has 28 heavy (non-hydrogen) atoms. The standard InChI is InChI=1S/C16H24N2O7S3/c1-12-3-4-15(25-2)16(9-12)28(23,24)18(14-6-8-27(21,22)11-14)17-13-5-7-26(19,20)10-13/h3-4,9,13-14,17H,5-8,10-11H2,1-2H3/t13-,14-/m0/s1. The van der Waals surface area contributed by atoms with E-state index in [1.807, 2.05) is 0 Å². The van der Waals surface area contributed by atoms with Gasteiger partial charge < -0.3 is 4.74 Å². The molecule has 3 rings (SSSR count). The van der Waals surface area contributed by atoms with Crippen molar-refractivity contribution in [1.29, 1.82) is 0 Å². The van der Waals surface area contributed by atoms with Gasteiger partial charge >= 0.3 is 0 Å². The maximum absolute atomic E-state index is 13.5. The van der Waals surface area contributed by atoms with Crippen LogP contribution in [0.25, 0.3) is 0 Å². The van der Waals surface area contributed by atoms with Crippen LogP contribution in [0.15, 0.2) is 23.1 Å². The van der Waals surface area contributed by atoms with Crippen LogP contribution in [0, 0.1) is 6.92 Å². The number of sulfone groups is 2. The van der Waals surface area contributed by atoms with Crippen LogP contribution in [-0.2, 0) is 29.7 Å². The van der Waals surface area contributed by atoms with Gasteiger partial charge in [-0.2, -0.15) is 0 Å². The first-order valence-corrected chi connectivity index (χ1v) is 13.9. The molecule has 2 heterocycles. The monoisotopic (exact) mass is 452 g/mol. The lowest BCUT2D eigenvalue weighted by molar-refractivity contribution is 0.228. The van der Waals surface area contributed by atoms with Crippen LogP contribution < -0.4 is 10.2 Å². The number of hydrogen-bond donors (Lipinski definition) is 1. The van der Waals surface area contributed by atoms with Gasteiger partial charge in [-0.25, -0.2) is 30.7 Å². The summed E-state index contributed by atoms with van der Waals surface area (Å²) in [5, 5.41) is 0. The highest BCUT2D eigenvalue weighted by Gasteiger charge is 2.42. The van der Waals surface area contributed by atoms with Crippen LogP contribution >= 0.6 is 0 Å². The number of hydrazine groups is 1. The van der Waals surface area contributed by atoms with E-state index in [-0.39, 0.29) is 46.5 Å². The van der Waals surface area contributed by atoms with Gasteiger partial charge in [0.05, 0.1) is 36.2 Å². The molecule has 9 nitrogen and oxygen atoms in total. The first-order chi connectivity index (χ1) is 12.9. The van der Waals surface area contributed by atoms with Crippen molar-refractivity contribution in [2.24, 2.45) is 0 Å². The molecule has 0 radical (unpaired) electrons. The molecule has 2 aliphatic rings. The van der Waals surface area contributed by atoms with E-state index in [0.717, 1.165) is 4.41 Å². The van der Waals surface area contributed by atoms with E-state index in [2.05, 4.69) is 5.43 Å². The highest BCUT2D eigenvalue weighted by Crippen LogP contribution is 2.31. The molecule has 0 aromatic heterocycles. The molecule has 0 unspecified atom stereocenters. The van der Waals surface area contributed by atoms with Crippen molar-refractivity contribution in [3.8, 4) is 5.75 Å². The highest BCUT2D eigenvalue weighted by atomic mass is 32.2. The number of benzene rings is 1. The van der Waals surface area contributed by atoms with E-state index < -0.39 is 41.8 Å². The molecule has 158 valence electrons. The van der Waals surface area contributed by atoms with Crippen LogP contribution in [0.2, 0.25) is 0 Å². The zero-order valence-corrected chi connectivity index (χ0v) is 18.1. The molecule has 0 saturated carbocycles. The quantitative estimate of drug-likeness (QED) is 0.592. The molecule has 1 aromatic rings. The summed E-state index contributed by atoms with van der Waals surface area (Å²) < 4.78 is 80.5. The second kappa shape index (κ2) is 7.56. The molecule has 0 aliphatic carbocycles. The van der Waals surface area contributed by atoms with Gasteiger partial charge in [0.15, 0.2) is 19.7 Å². The van der Waals surface area contributed by atoms with Gasteiger partial charge in [-0.3, -0.25) is 0 Å². The fraction of sp³-hybridized carbons (Fsp3) is 0.625.